The molecule has 1 aliphatic carbocycles. The lowest BCUT2D eigenvalue weighted by Gasteiger charge is -2.14. The lowest BCUT2D eigenvalue weighted by molar-refractivity contribution is 0.241. The van der Waals surface area contributed by atoms with Gasteiger partial charge in [-0.2, -0.15) is 0 Å². The molecule has 18 heavy (non-hydrogen) atoms. The second-order valence-electron chi connectivity index (χ2n) is 4.76. The van der Waals surface area contributed by atoms with Crippen LogP contribution in [0.15, 0.2) is 42.1 Å². The molecule has 3 nitrogen and oxygen atoms in total. The van der Waals surface area contributed by atoms with Gasteiger partial charge in [-0.15, -0.1) is 0 Å². The van der Waals surface area contributed by atoms with Crippen LogP contribution in [0, 0.1) is 0 Å². The summed E-state index contributed by atoms with van der Waals surface area (Å²) < 4.78 is 0. The third kappa shape index (κ3) is 3.62. The van der Waals surface area contributed by atoms with Crippen molar-refractivity contribution in [1.29, 1.82) is 0 Å². The maximum Gasteiger partial charge on any atom is 0.319 e. The van der Waals surface area contributed by atoms with Gasteiger partial charge in [-0.25, -0.2) is 4.79 Å². The Kier molecular flexibility index (Phi) is 4.40. The average Bonchev–Trinajstić information content (AvgIpc) is 2.90. The van der Waals surface area contributed by atoms with Crippen LogP contribution in [0.5, 0.6) is 0 Å². The minimum absolute atomic E-state index is 0.0215. The Bertz CT molecular complexity index is 417. The van der Waals surface area contributed by atoms with Crippen molar-refractivity contribution in [2.75, 3.05) is 0 Å². The van der Waals surface area contributed by atoms with Crippen LogP contribution in [-0.4, -0.2) is 6.03 Å². The lowest BCUT2D eigenvalue weighted by atomic mass is 10.1. The van der Waals surface area contributed by atoms with Crippen molar-refractivity contribution in [2.45, 2.75) is 38.6 Å². The number of hydrogen-bond acceptors (Lipinski definition) is 1. The molecule has 1 unspecified atom stereocenters. The Morgan fingerprint density at radius 1 is 1.22 bits per heavy atom. The predicted octanol–water partition coefficient (Wildman–Crippen LogP) is 3.50. The molecule has 1 atom stereocenters. The van der Waals surface area contributed by atoms with Crippen LogP contribution in [0.1, 0.15) is 44.2 Å². The van der Waals surface area contributed by atoms with Gasteiger partial charge in [0.05, 0.1) is 6.04 Å². The van der Waals surface area contributed by atoms with Crippen LogP contribution in [0.25, 0.3) is 0 Å². The summed E-state index contributed by atoms with van der Waals surface area (Å²) in [6.45, 7) is 1.98. The number of allylic oxidation sites excluding steroid dienone is 1. The lowest BCUT2D eigenvalue weighted by Crippen LogP contribution is -2.34. The molecule has 1 aromatic rings. The van der Waals surface area contributed by atoms with Crippen molar-refractivity contribution in [3.05, 3.63) is 47.7 Å². The first-order chi connectivity index (χ1) is 8.75. The molecule has 2 N–H and O–H groups in total. The van der Waals surface area contributed by atoms with Crippen molar-refractivity contribution in [1.82, 2.24) is 10.6 Å². The van der Waals surface area contributed by atoms with Gasteiger partial charge in [0.1, 0.15) is 0 Å². The fraction of sp³-hybridized carbons (Fsp3) is 0.400. The molecule has 96 valence electrons. The van der Waals surface area contributed by atoms with E-state index in [-0.39, 0.29) is 12.1 Å². The summed E-state index contributed by atoms with van der Waals surface area (Å²) >= 11 is 0. The molecule has 0 spiro atoms. The minimum Gasteiger partial charge on any atom is -0.331 e. The molecular weight excluding hydrogens is 224 g/mol. The second kappa shape index (κ2) is 6.24. The van der Waals surface area contributed by atoms with E-state index in [0.717, 1.165) is 18.4 Å². The molecule has 1 fully saturated rings. The first-order valence-corrected chi connectivity index (χ1v) is 6.55. The van der Waals surface area contributed by atoms with Crippen molar-refractivity contribution in [3.63, 3.8) is 0 Å². The molecule has 2 amide bonds. The van der Waals surface area contributed by atoms with Gasteiger partial charge in [0.2, 0.25) is 0 Å². The summed E-state index contributed by atoms with van der Waals surface area (Å²) in [5.41, 5.74) is 2.46. The molecule has 1 aliphatic rings. The highest BCUT2D eigenvalue weighted by Gasteiger charge is 2.09. The van der Waals surface area contributed by atoms with E-state index in [1.165, 1.54) is 18.4 Å². The quantitative estimate of drug-likeness (QED) is 0.839. The Hall–Kier alpha value is -1.77. The van der Waals surface area contributed by atoms with Gasteiger partial charge < -0.3 is 10.6 Å². The Balaban J connectivity index is 1.82. The summed E-state index contributed by atoms with van der Waals surface area (Å²) in [6.07, 6.45) is 6.59. The molecule has 0 aliphatic heterocycles. The number of carbonyl (C=O) groups excluding carboxylic acids is 1. The van der Waals surface area contributed by atoms with E-state index < -0.39 is 0 Å². The summed E-state index contributed by atoms with van der Waals surface area (Å²) in [4.78, 5) is 11.7. The van der Waals surface area contributed by atoms with Crippen LogP contribution in [0.2, 0.25) is 0 Å². The van der Waals surface area contributed by atoms with Crippen LogP contribution >= 0.6 is 0 Å². The Morgan fingerprint density at radius 3 is 2.56 bits per heavy atom. The Morgan fingerprint density at radius 2 is 1.89 bits per heavy atom. The van der Waals surface area contributed by atoms with Gasteiger partial charge in [-0.1, -0.05) is 35.9 Å². The van der Waals surface area contributed by atoms with Gasteiger partial charge >= 0.3 is 6.03 Å². The third-order valence-electron chi connectivity index (χ3n) is 3.30. The van der Waals surface area contributed by atoms with E-state index in [2.05, 4.69) is 10.6 Å². The number of benzene rings is 1. The monoisotopic (exact) mass is 244 g/mol. The molecular formula is C15H20N2O. The van der Waals surface area contributed by atoms with Crippen molar-refractivity contribution in [3.8, 4) is 0 Å². The van der Waals surface area contributed by atoms with Gasteiger partial charge in [0, 0.05) is 6.20 Å². The third-order valence-corrected chi connectivity index (χ3v) is 3.30. The van der Waals surface area contributed by atoms with E-state index in [9.17, 15) is 4.79 Å². The molecule has 3 heteroatoms. The molecule has 2 rings (SSSR count). The molecule has 0 radical (unpaired) electrons. The summed E-state index contributed by atoms with van der Waals surface area (Å²) in [7, 11) is 0. The number of carbonyl (C=O) groups is 1. The smallest absolute Gasteiger partial charge is 0.319 e. The molecule has 0 heterocycles. The van der Waals surface area contributed by atoms with Crippen LogP contribution in [0.4, 0.5) is 4.79 Å². The van der Waals surface area contributed by atoms with E-state index in [4.69, 9.17) is 0 Å². The van der Waals surface area contributed by atoms with E-state index in [1.54, 1.807) is 0 Å². The highest BCUT2D eigenvalue weighted by molar-refractivity contribution is 5.75. The van der Waals surface area contributed by atoms with Crippen molar-refractivity contribution in [2.24, 2.45) is 0 Å². The number of amides is 2. The minimum atomic E-state index is -0.134. The highest BCUT2D eigenvalue weighted by atomic mass is 16.2. The fourth-order valence-corrected chi connectivity index (χ4v) is 2.20. The molecule has 0 saturated heterocycles. The highest BCUT2D eigenvalue weighted by Crippen LogP contribution is 2.22. The second-order valence-corrected chi connectivity index (χ2v) is 4.76. The number of hydrogen-bond donors (Lipinski definition) is 2. The van der Waals surface area contributed by atoms with E-state index >= 15 is 0 Å². The van der Waals surface area contributed by atoms with Gasteiger partial charge in [-0.3, -0.25) is 0 Å². The summed E-state index contributed by atoms with van der Waals surface area (Å²) in [5.74, 6) is 0. The molecule has 0 aromatic heterocycles. The zero-order valence-electron chi connectivity index (χ0n) is 10.8. The number of nitrogens with one attached hydrogen (secondary N) is 2. The topological polar surface area (TPSA) is 41.1 Å². The maximum atomic E-state index is 11.7. The predicted molar refractivity (Wildman–Crippen MR) is 73.1 cm³/mol. The zero-order valence-corrected chi connectivity index (χ0v) is 10.8. The summed E-state index contributed by atoms with van der Waals surface area (Å²) in [5, 5.41) is 5.74. The average molecular weight is 244 g/mol. The Labute approximate surface area is 108 Å². The van der Waals surface area contributed by atoms with Gasteiger partial charge in [0.25, 0.3) is 0 Å². The van der Waals surface area contributed by atoms with E-state index in [0.29, 0.717) is 0 Å². The van der Waals surface area contributed by atoms with Gasteiger partial charge in [-0.05, 0) is 38.2 Å². The number of urea groups is 1. The first kappa shape index (κ1) is 12.7. The van der Waals surface area contributed by atoms with Crippen LogP contribution in [-0.2, 0) is 0 Å². The van der Waals surface area contributed by atoms with E-state index in [1.807, 2.05) is 43.5 Å². The molecule has 1 saturated carbocycles. The standard InChI is InChI=1S/C15H20N2O/c1-12(14-9-3-2-4-10-14)17-15(18)16-11-13-7-5-6-8-13/h2-4,9-12H,5-8H2,1H3,(H2,16,17,18). The molecule has 0 bridgehead atoms. The van der Waals surface area contributed by atoms with Crippen molar-refractivity contribution >= 4 is 6.03 Å². The van der Waals surface area contributed by atoms with Crippen LogP contribution in [0.3, 0.4) is 0 Å². The zero-order chi connectivity index (χ0) is 12.8. The maximum absolute atomic E-state index is 11.7. The van der Waals surface area contributed by atoms with Crippen LogP contribution < -0.4 is 10.6 Å². The normalized spacial score (nSPS) is 16.2. The van der Waals surface area contributed by atoms with Gasteiger partial charge in [0.15, 0.2) is 0 Å². The largest absolute Gasteiger partial charge is 0.331 e. The van der Waals surface area contributed by atoms with Crippen molar-refractivity contribution < 1.29 is 4.79 Å². The molecule has 1 aromatic carbocycles. The SMILES string of the molecule is CC(NC(=O)NC=C1CCCC1)c1ccccc1. The summed E-state index contributed by atoms with van der Waals surface area (Å²) in [6, 6.07) is 9.85. The number of rotatable bonds is 3. The first-order valence-electron chi connectivity index (χ1n) is 6.55. The fourth-order valence-electron chi connectivity index (χ4n) is 2.20.